The molecule has 0 aromatic heterocycles. The molecule has 0 saturated heterocycles. The van der Waals surface area contributed by atoms with Crippen molar-refractivity contribution in [2.75, 3.05) is 6.66 Å². The van der Waals surface area contributed by atoms with Crippen molar-refractivity contribution >= 4 is 30.0 Å². The molecule has 0 spiro atoms. The molecule has 1 N–H and O–H groups in total. The molecule has 1 rings (SSSR count). The summed E-state index contributed by atoms with van der Waals surface area (Å²) in [6.07, 6.45) is 0. The average molecular weight is 236 g/mol. The number of nitro groups is 1. The fraction of sp³-hybridized carbons (Fsp3) is 0.143. The van der Waals surface area contributed by atoms with Crippen molar-refractivity contribution in [2.45, 2.75) is 0 Å². The molecule has 0 amide bonds. The van der Waals surface area contributed by atoms with Crippen molar-refractivity contribution in [2.24, 2.45) is 0 Å². The van der Waals surface area contributed by atoms with Gasteiger partial charge in [0.2, 0.25) is 7.37 Å². The smallest absolute Gasteiger partial charge is 0.270 e. The minimum atomic E-state index is -3.46. The van der Waals surface area contributed by atoms with Gasteiger partial charge in [0.15, 0.2) is 0 Å². The van der Waals surface area contributed by atoms with Crippen LogP contribution in [0.3, 0.4) is 0 Å². The van der Waals surface area contributed by atoms with E-state index >= 15 is 0 Å². The van der Waals surface area contributed by atoms with E-state index in [2.05, 4.69) is 0 Å². The minimum Gasteiger partial charge on any atom is -0.341 e. The molecule has 0 bridgehead atoms. The third-order valence-corrected chi connectivity index (χ3v) is 3.32. The summed E-state index contributed by atoms with van der Waals surface area (Å²) in [4.78, 5) is 18.9. The molecule has 1 atom stereocenters. The van der Waals surface area contributed by atoms with Crippen LogP contribution in [0.15, 0.2) is 18.2 Å². The second kappa shape index (κ2) is 3.69. The van der Waals surface area contributed by atoms with Gasteiger partial charge in [-0.1, -0.05) is 11.6 Å². The summed E-state index contributed by atoms with van der Waals surface area (Å²) in [5.41, 5.74) is -0.202. The number of hydrogen-bond donors (Lipinski definition) is 1. The highest BCUT2D eigenvalue weighted by molar-refractivity contribution is 7.65. The second-order valence-corrected chi connectivity index (χ2v) is 5.42. The molecule has 7 heteroatoms. The minimum absolute atomic E-state index is 0.0322. The first-order valence-electron chi connectivity index (χ1n) is 3.57. The molecule has 0 aliphatic heterocycles. The van der Waals surface area contributed by atoms with Crippen LogP contribution in [0.1, 0.15) is 0 Å². The Morgan fingerprint density at radius 2 is 2.14 bits per heavy atom. The molecular weight excluding hydrogens is 229 g/mol. The molecule has 0 aliphatic carbocycles. The van der Waals surface area contributed by atoms with Crippen LogP contribution in [0.4, 0.5) is 5.69 Å². The van der Waals surface area contributed by atoms with Gasteiger partial charge < -0.3 is 4.89 Å². The normalized spacial score (nSPS) is 14.8. The van der Waals surface area contributed by atoms with Crippen molar-refractivity contribution in [3.05, 3.63) is 33.3 Å². The van der Waals surface area contributed by atoms with Gasteiger partial charge in [-0.3, -0.25) is 14.7 Å². The van der Waals surface area contributed by atoms with E-state index in [4.69, 9.17) is 11.6 Å². The number of nitro benzene ring substituents is 1. The summed E-state index contributed by atoms with van der Waals surface area (Å²) in [6.45, 7) is 1.13. The summed E-state index contributed by atoms with van der Waals surface area (Å²) < 4.78 is 11.2. The Morgan fingerprint density at radius 3 is 2.50 bits per heavy atom. The Hall–Kier alpha value is -0.900. The quantitative estimate of drug-likeness (QED) is 0.481. The van der Waals surface area contributed by atoms with Crippen molar-refractivity contribution < 1.29 is 14.4 Å². The highest BCUT2D eigenvalue weighted by Gasteiger charge is 2.19. The average Bonchev–Trinajstić information content (AvgIpc) is 2.01. The van der Waals surface area contributed by atoms with Gasteiger partial charge in [0.05, 0.1) is 15.3 Å². The zero-order chi connectivity index (χ0) is 10.9. The van der Waals surface area contributed by atoms with E-state index in [1.807, 2.05) is 0 Å². The van der Waals surface area contributed by atoms with Gasteiger partial charge >= 0.3 is 0 Å². The lowest BCUT2D eigenvalue weighted by Gasteiger charge is -2.06. The van der Waals surface area contributed by atoms with Crippen LogP contribution in [-0.4, -0.2) is 16.5 Å². The van der Waals surface area contributed by atoms with Crippen LogP contribution in [0.25, 0.3) is 0 Å². The lowest BCUT2D eigenvalue weighted by molar-refractivity contribution is -0.384. The van der Waals surface area contributed by atoms with Gasteiger partial charge in [-0.2, -0.15) is 0 Å². The molecule has 0 fully saturated rings. The number of non-ortho nitro benzene ring substituents is 1. The first-order chi connectivity index (χ1) is 6.32. The highest BCUT2D eigenvalue weighted by Crippen LogP contribution is 2.37. The maximum Gasteiger partial charge on any atom is 0.270 e. The van der Waals surface area contributed by atoms with Crippen LogP contribution in [0.5, 0.6) is 0 Å². The van der Waals surface area contributed by atoms with Gasteiger partial charge in [-0.25, -0.2) is 0 Å². The van der Waals surface area contributed by atoms with Gasteiger partial charge in [-0.15, -0.1) is 0 Å². The van der Waals surface area contributed by atoms with Crippen molar-refractivity contribution in [1.29, 1.82) is 0 Å². The van der Waals surface area contributed by atoms with Crippen LogP contribution >= 0.6 is 19.0 Å². The highest BCUT2D eigenvalue weighted by atomic mass is 35.5. The number of benzene rings is 1. The zero-order valence-corrected chi connectivity index (χ0v) is 8.83. The fourth-order valence-corrected chi connectivity index (χ4v) is 2.40. The first-order valence-corrected chi connectivity index (χ1v) is 6.05. The summed E-state index contributed by atoms with van der Waals surface area (Å²) in [7, 11) is -3.46. The third kappa shape index (κ3) is 2.32. The van der Waals surface area contributed by atoms with E-state index in [1.54, 1.807) is 0 Å². The van der Waals surface area contributed by atoms with Crippen LogP contribution in [-0.2, 0) is 4.57 Å². The van der Waals surface area contributed by atoms with Crippen molar-refractivity contribution in [1.82, 2.24) is 0 Å². The lowest BCUT2D eigenvalue weighted by atomic mass is 10.3. The largest absolute Gasteiger partial charge is 0.341 e. The topological polar surface area (TPSA) is 80.4 Å². The summed E-state index contributed by atoms with van der Waals surface area (Å²) >= 11 is 5.62. The van der Waals surface area contributed by atoms with E-state index < -0.39 is 12.3 Å². The Balaban J connectivity index is 3.28. The van der Waals surface area contributed by atoms with E-state index in [0.29, 0.717) is 0 Å². The molecule has 5 nitrogen and oxygen atoms in total. The summed E-state index contributed by atoms with van der Waals surface area (Å²) in [5, 5.41) is 10.3. The van der Waals surface area contributed by atoms with Gasteiger partial charge in [0, 0.05) is 18.8 Å². The number of rotatable bonds is 2. The van der Waals surface area contributed by atoms with E-state index in [1.165, 1.54) is 6.07 Å². The summed E-state index contributed by atoms with van der Waals surface area (Å²) in [5.74, 6) is 0. The van der Waals surface area contributed by atoms with Gasteiger partial charge in [0.25, 0.3) is 5.69 Å². The number of nitrogens with zero attached hydrogens (tertiary/aromatic N) is 1. The van der Waals surface area contributed by atoms with Crippen LogP contribution in [0, 0.1) is 10.1 Å². The van der Waals surface area contributed by atoms with Gasteiger partial charge in [0.1, 0.15) is 0 Å². The number of hydrogen-bond acceptors (Lipinski definition) is 3. The lowest BCUT2D eigenvalue weighted by Crippen LogP contribution is -2.05. The molecule has 76 valence electrons. The molecule has 0 radical (unpaired) electrons. The number of halogens is 1. The molecule has 0 saturated carbocycles. The summed E-state index contributed by atoms with van der Waals surface area (Å²) in [6, 6.07) is 3.40. The van der Waals surface area contributed by atoms with Crippen LogP contribution < -0.4 is 5.30 Å². The molecule has 0 heterocycles. The van der Waals surface area contributed by atoms with Crippen molar-refractivity contribution in [3.63, 3.8) is 0 Å². The fourth-order valence-electron chi connectivity index (χ4n) is 0.946. The predicted molar refractivity (Wildman–Crippen MR) is 53.5 cm³/mol. The molecule has 1 unspecified atom stereocenters. The Morgan fingerprint density at radius 1 is 1.57 bits per heavy atom. The molecule has 14 heavy (non-hydrogen) atoms. The van der Waals surface area contributed by atoms with Crippen molar-refractivity contribution in [3.8, 4) is 0 Å². The first kappa shape index (κ1) is 11.2. The van der Waals surface area contributed by atoms with E-state index in [9.17, 15) is 19.6 Å². The molecular formula is C7H7ClNO4P. The Labute approximate surface area is 84.9 Å². The maximum absolute atomic E-state index is 11.2. The second-order valence-electron chi connectivity index (χ2n) is 2.77. The predicted octanol–water partition coefficient (Wildman–Crippen LogP) is 1.77. The Kier molecular flexibility index (Phi) is 2.95. The third-order valence-electron chi connectivity index (χ3n) is 1.59. The standard InChI is InChI=1S/C7H7ClNO4P/c1-14(12,13)7-3-2-5(9(10)11)4-6(7)8/h2-4H,1H3,(H,12,13). The van der Waals surface area contributed by atoms with E-state index in [0.717, 1.165) is 18.8 Å². The van der Waals surface area contributed by atoms with Gasteiger partial charge in [-0.05, 0) is 6.07 Å². The molecule has 0 aliphatic rings. The SMILES string of the molecule is CP(=O)(O)c1ccc([N+](=O)[O-])cc1Cl. The Bertz CT molecular complexity index is 428. The molecule has 1 aromatic rings. The zero-order valence-electron chi connectivity index (χ0n) is 7.18. The van der Waals surface area contributed by atoms with Crippen LogP contribution in [0.2, 0.25) is 5.02 Å². The monoisotopic (exact) mass is 235 g/mol. The van der Waals surface area contributed by atoms with E-state index in [-0.39, 0.29) is 16.0 Å². The maximum atomic E-state index is 11.2. The molecule has 1 aromatic carbocycles.